The predicted molar refractivity (Wildman–Crippen MR) is 234 cm³/mol. The first-order valence-electron chi connectivity index (χ1n) is 21.3. The summed E-state index contributed by atoms with van der Waals surface area (Å²) in [6.07, 6.45) is -5.25. The van der Waals surface area contributed by atoms with Gasteiger partial charge in [0.1, 0.15) is 6.61 Å². The van der Waals surface area contributed by atoms with Gasteiger partial charge in [-0.15, -0.1) is 0 Å². The molecule has 0 spiro atoms. The molecule has 0 saturated carbocycles. The Kier molecular flexibility index (Phi) is 19.7. The van der Waals surface area contributed by atoms with E-state index in [1.807, 2.05) is 45.0 Å². The SMILES string of the molecule is CCCC[C@]1(CC)CS(=O)(=O)c2ccc(N(C)C)cc2C(c2cccc(NC(=O)CCCCNC(=O)[C@H](OC(C)=O)[C@@H](OC(C)=O)[C@H](OC(C)=O)[C@@H](COC(C)=O)OC(C)=O)c2)[C@H]1O. The number of sulfone groups is 1. The summed E-state index contributed by atoms with van der Waals surface area (Å²) in [6, 6.07) is 12.2. The predicted octanol–water partition coefficient (Wildman–Crippen LogP) is 4.13. The monoisotopic (exact) mass is 917 g/mol. The molecule has 1 heterocycles. The van der Waals surface area contributed by atoms with Crippen molar-refractivity contribution in [1.29, 1.82) is 0 Å². The molecule has 0 bridgehead atoms. The van der Waals surface area contributed by atoms with Gasteiger partial charge in [-0.25, -0.2) is 8.42 Å². The van der Waals surface area contributed by atoms with Crippen molar-refractivity contribution in [2.75, 3.05) is 43.2 Å². The van der Waals surface area contributed by atoms with Gasteiger partial charge in [0.15, 0.2) is 28.1 Å². The summed E-state index contributed by atoms with van der Waals surface area (Å²) in [7, 11) is -0.0968. The first-order chi connectivity index (χ1) is 30.0. The second kappa shape index (κ2) is 23.9. The molecule has 18 nitrogen and oxygen atoms in total. The van der Waals surface area contributed by atoms with E-state index in [0.717, 1.165) is 53.1 Å². The van der Waals surface area contributed by atoms with Crippen LogP contribution in [0.3, 0.4) is 0 Å². The third-order valence-electron chi connectivity index (χ3n) is 10.9. The minimum atomic E-state index is -3.80. The highest BCUT2D eigenvalue weighted by Crippen LogP contribution is 2.49. The summed E-state index contributed by atoms with van der Waals surface area (Å²) in [5, 5.41) is 17.8. The molecule has 2 aromatic carbocycles. The number of nitrogens with zero attached hydrogens (tertiary/aromatic N) is 1. The summed E-state index contributed by atoms with van der Waals surface area (Å²) >= 11 is 0. The minimum Gasteiger partial charge on any atom is -0.462 e. The van der Waals surface area contributed by atoms with Gasteiger partial charge in [-0.1, -0.05) is 38.8 Å². The van der Waals surface area contributed by atoms with Crippen LogP contribution in [-0.2, 0) is 67.1 Å². The Balaban J connectivity index is 1.81. The van der Waals surface area contributed by atoms with Crippen molar-refractivity contribution in [2.24, 2.45) is 5.41 Å². The van der Waals surface area contributed by atoms with Gasteiger partial charge >= 0.3 is 29.8 Å². The maximum absolute atomic E-state index is 14.0. The lowest BCUT2D eigenvalue weighted by Gasteiger charge is -2.39. The number of fused-ring (bicyclic) bond motifs is 1. The molecule has 0 aromatic heterocycles. The highest BCUT2D eigenvalue weighted by atomic mass is 32.2. The van der Waals surface area contributed by atoms with Crippen molar-refractivity contribution < 1.29 is 70.8 Å². The smallest absolute Gasteiger partial charge is 0.303 e. The van der Waals surface area contributed by atoms with Crippen molar-refractivity contribution >= 4 is 62.9 Å². The van der Waals surface area contributed by atoms with Crippen molar-refractivity contribution in [1.82, 2.24) is 5.32 Å². The molecule has 354 valence electrons. The first kappa shape index (κ1) is 52.8. The lowest BCUT2D eigenvalue weighted by Crippen LogP contribution is -2.57. The summed E-state index contributed by atoms with van der Waals surface area (Å²) in [5.74, 6) is -6.89. The van der Waals surface area contributed by atoms with E-state index < -0.39 is 94.1 Å². The molecule has 1 aliphatic rings. The Morgan fingerprint density at radius 3 is 2.03 bits per heavy atom. The topological polar surface area (TPSA) is 247 Å². The zero-order valence-electron chi connectivity index (χ0n) is 38.1. The molecule has 64 heavy (non-hydrogen) atoms. The van der Waals surface area contributed by atoms with Crippen LogP contribution in [0.15, 0.2) is 47.4 Å². The van der Waals surface area contributed by atoms with Crippen LogP contribution in [0, 0.1) is 5.41 Å². The molecular formula is C45H63N3O15S. The van der Waals surface area contributed by atoms with Crippen molar-refractivity contribution in [3.05, 3.63) is 53.6 Å². The van der Waals surface area contributed by atoms with Gasteiger partial charge in [0.05, 0.1) is 16.8 Å². The van der Waals surface area contributed by atoms with E-state index in [-0.39, 0.29) is 42.4 Å². The molecule has 19 heteroatoms. The molecule has 1 unspecified atom stereocenters. The van der Waals surface area contributed by atoms with Crippen molar-refractivity contribution in [3.63, 3.8) is 0 Å². The average Bonchev–Trinajstić information content (AvgIpc) is 3.27. The number of aliphatic hydroxyl groups is 1. The van der Waals surface area contributed by atoms with Crippen LogP contribution >= 0.6 is 0 Å². The van der Waals surface area contributed by atoms with E-state index in [9.17, 15) is 47.1 Å². The fraction of sp³-hybridized carbons (Fsp3) is 0.578. The quantitative estimate of drug-likeness (QED) is 0.0854. The van der Waals surface area contributed by atoms with Crippen LogP contribution in [0.2, 0.25) is 0 Å². The second-order valence-corrected chi connectivity index (χ2v) is 18.1. The van der Waals surface area contributed by atoms with Crippen LogP contribution in [-0.4, -0.2) is 119 Å². The van der Waals surface area contributed by atoms with E-state index in [1.54, 1.807) is 30.3 Å². The number of carbonyl (C=O) groups excluding carboxylic acids is 7. The number of carbonyl (C=O) groups is 7. The van der Waals surface area contributed by atoms with Crippen molar-refractivity contribution in [2.45, 2.75) is 135 Å². The maximum atomic E-state index is 14.0. The fourth-order valence-electron chi connectivity index (χ4n) is 7.86. The summed E-state index contributed by atoms with van der Waals surface area (Å²) < 4.78 is 54.2. The number of rotatable bonds is 22. The molecule has 2 aromatic rings. The van der Waals surface area contributed by atoms with E-state index in [2.05, 4.69) is 10.6 Å². The van der Waals surface area contributed by atoms with E-state index >= 15 is 0 Å². The Labute approximate surface area is 375 Å². The molecule has 2 amide bonds. The summed E-state index contributed by atoms with van der Waals surface area (Å²) in [5.41, 5.74) is 1.39. The van der Waals surface area contributed by atoms with Crippen LogP contribution in [0.4, 0.5) is 11.4 Å². The van der Waals surface area contributed by atoms with E-state index in [1.165, 1.54) is 0 Å². The molecular weight excluding hydrogens is 855 g/mol. The maximum Gasteiger partial charge on any atom is 0.303 e. The molecule has 0 fully saturated rings. The van der Waals surface area contributed by atoms with Crippen LogP contribution in [0.1, 0.15) is 110 Å². The van der Waals surface area contributed by atoms with Crippen LogP contribution in [0.25, 0.3) is 0 Å². The number of unbranched alkanes of at least 4 members (excludes halogenated alkanes) is 2. The Morgan fingerprint density at radius 1 is 0.812 bits per heavy atom. The Morgan fingerprint density at radius 2 is 1.45 bits per heavy atom. The van der Waals surface area contributed by atoms with Crippen LogP contribution < -0.4 is 15.5 Å². The standard InChI is InChI=1S/C45H63N3O15S/c1-10-12-21-45(11-2)26-64(57,58)37-20-19-34(48(8)9)24-35(37)39(43(45)55)32-16-15-17-33(23-32)47-38(54)18-13-14-22-46-44(56)42(63-31(7)53)41(62-30(6)52)40(61-29(5)51)36(60-28(4)50)25-59-27(3)49/h15-17,19-20,23-24,36,39-43,55H,10-14,18,21-22,25-26H2,1-9H3,(H,46,56)(H,47,54)/t36-,39?,40-,41+,42-,43-,45-/m1/s1. The Hall–Kier alpha value is -5.56. The van der Waals surface area contributed by atoms with Gasteiger partial charge in [-0.05, 0) is 67.1 Å². The second-order valence-electron chi connectivity index (χ2n) is 16.2. The Bertz CT molecular complexity index is 2110. The number of anilines is 2. The highest BCUT2D eigenvalue weighted by Gasteiger charge is 2.50. The molecule has 1 aliphatic heterocycles. The van der Waals surface area contributed by atoms with Gasteiger partial charge in [0, 0.05) is 84.4 Å². The number of amides is 2. The first-order valence-corrected chi connectivity index (χ1v) is 22.9. The normalized spacial score (nSPS) is 19.5. The average molecular weight is 918 g/mol. The number of nitrogens with one attached hydrogen (secondary N) is 2. The number of hydrogen-bond donors (Lipinski definition) is 3. The third kappa shape index (κ3) is 14.8. The minimum absolute atomic E-state index is 0.00751. The van der Waals surface area contributed by atoms with Gasteiger partial charge in [0.25, 0.3) is 5.91 Å². The van der Waals surface area contributed by atoms with E-state index in [4.69, 9.17) is 23.7 Å². The largest absolute Gasteiger partial charge is 0.462 e. The number of ether oxygens (including phenoxy) is 5. The number of benzene rings is 2. The van der Waals surface area contributed by atoms with Gasteiger partial charge in [0.2, 0.25) is 12.0 Å². The molecule has 0 saturated heterocycles. The molecule has 7 atom stereocenters. The van der Waals surface area contributed by atoms with E-state index in [0.29, 0.717) is 29.7 Å². The van der Waals surface area contributed by atoms with Crippen LogP contribution in [0.5, 0.6) is 0 Å². The summed E-state index contributed by atoms with van der Waals surface area (Å²) in [4.78, 5) is 89.2. The zero-order chi connectivity index (χ0) is 47.9. The molecule has 0 aliphatic carbocycles. The van der Waals surface area contributed by atoms with Crippen molar-refractivity contribution in [3.8, 4) is 0 Å². The third-order valence-corrected chi connectivity index (χ3v) is 12.9. The number of aliphatic hydroxyl groups excluding tert-OH is 1. The lowest BCUT2D eigenvalue weighted by atomic mass is 9.69. The fourth-order valence-corrected chi connectivity index (χ4v) is 10.1. The molecule has 0 radical (unpaired) electrons. The van der Waals surface area contributed by atoms with Gasteiger partial charge in [-0.2, -0.15) is 0 Å². The number of hydrogen-bond acceptors (Lipinski definition) is 16. The zero-order valence-corrected chi connectivity index (χ0v) is 38.9. The lowest BCUT2D eigenvalue weighted by molar-refractivity contribution is -0.203. The molecule has 3 rings (SSSR count). The molecule has 3 N–H and O–H groups in total. The summed E-state index contributed by atoms with van der Waals surface area (Å²) in [6.45, 7) is 8.24. The van der Waals surface area contributed by atoms with Gasteiger partial charge < -0.3 is 44.3 Å². The van der Waals surface area contributed by atoms with Gasteiger partial charge in [-0.3, -0.25) is 33.6 Å². The number of esters is 5. The highest BCUT2D eigenvalue weighted by molar-refractivity contribution is 7.91.